The molecule has 1 aromatic carbocycles. The predicted octanol–water partition coefficient (Wildman–Crippen LogP) is 3.80. The highest BCUT2D eigenvalue weighted by Gasteiger charge is 2.06. The van der Waals surface area contributed by atoms with Gasteiger partial charge in [0, 0.05) is 5.02 Å². The van der Waals surface area contributed by atoms with Crippen LogP contribution in [-0.4, -0.2) is 11.1 Å². The fraction of sp³-hybridized carbons (Fsp3) is 0. The lowest BCUT2D eigenvalue weighted by atomic mass is 10.2. The lowest BCUT2D eigenvalue weighted by Crippen LogP contribution is -1.91. The molecule has 0 fully saturated rings. The van der Waals surface area contributed by atoms with Crippen LogP contribution in [0.4, 0.5) is 0 Å². The Morgan fingerprint density at radius 1 is 1.12 bits per heavy atom. The summed E-state index contributed by atoms with van der Waals surface area (Å²) < 4.78 is 5.08. The van der Waals surface area contributed by atoms with Crippen molar-refractivity contribution < 1.29 is 14.3 Å². The van der Waals surface area contributed by atoms with E-state index in [1.807, 2.05) is 18.2 Å². The van der Waals surface area contributed by atoms with E-state index in [9.17, 15) is 4.79 Å². The first-order valence-corrected chi connectivity index (χ1v) is 5.30. The quantitative estimate of drug-likeness (QED) is 0.899. The van der Waals surface area contributed by atoms with Crippen LogP contribution in [-0.2, 0) is 0 Å². The molecule has 0 saturated carbocycles. The molecule has 0 saturated heterocycles. The number of furan rings is 1. The lowest BCUT2D eigenvalue weighted by molar-refractivity contribution is 0.0662. The molecule has 0 aliphatic rings. The third-order valence-corrected chi connectivity index (χ3v) is 2.40. The average molecular weight is 249 g/mol. The van der Waals surface area contributed by atoms with E-state index in [0.29, 0.717) is 10.8 Å². The molecule has 0 aliphatic carbocycles. The monoisotopic (exact) mass is 248 g/mol. The summed E-state index contributed by atoms with van der Waals surface area (Å²) in [6, 6.07) is 10.3. The number of carboxylic acids is 1. The molecular weight excluding hydrogens is 240 g/mol. The van der Waals surface area contributed by atoms with E-state index in [1.165, 1.54) is 6.07 Å². The van der Waals surface area contributed by atoms with Crippen LogP contribution in [0, 0.1) is 0 Å². The summed E-state index contributed by atoms with van der Waals surface area (Å²) in [4.78, 5) is 10.6. The molecule has 0 unspecified atom stereocenters. The minimum absolute atomic E-state index is 0.0687. The van der Waals surface area contributed by atoms with Crippen LogP contribution in [0.3, 0.4) is 0 Å². The second kappa shape index (κ2) is 4.89. The fourth-order valence-electron chi connectivity index (χ4n) is 1.31. The highest BCUT2D eigenvalue weighted by molar-refractivity contribution is 6.30. The molecule has 3 nitrogen and oxygen atoms in total. The normalized spacial score (nSPS) is 10.9. The molecule has 0 bridgehead atoms. The summed E-state index contributed by atoms with van der Waals surface area (Å²) >= 11 is 5.76. The number of hydrogen-bond acceptors (Lipinski definition) is 2. The summed E-state index contributed by atoms with van der Waals surface area (Å²) in [6.07, 6.45) is 3.52. The Balaban J connectivity index is 2.14. The lowest BCUT2D eigenvalue weighted by Gasteiger charge is -1.92. The van der Waals surface area contributed by atoms with Crippen LogP contribution < -0.4 is 0 Å². The van der Waals surface area contributed by atoms with Gasteiger partial charge in [-0.05, 0) is 35.9 Å². The average Bonchev–Trinajstić information content (AvgIpc) is 2.77. The molecule has 86 valence electrons. The first kappa shape index (κ1) is 11.5. The van der Waals surface area contributed by atoms with Gasteiger partial charge in [-0.2, -0.15) is 0 Å². The molecular formula is C13H9ClO3. The molecule has 0 radical (unpaired) electrons. The van der Waals surface area contributed by atoms with Crippen molar-refractivity contribution in [3.63, 3.8) is 0 Å². The zero-order valence-corrected chi connectivity index (χ0v) is 9.52. The molecule has 0 atom stereocenters. The largest absolute Gasteiger partial charge is 0.475 e. The molecule has 1 heterocycles. The third kappa shape index (κ3) is 2.98. The molecule has 4 heteroatoms. The van der Waals surface area contributed by atoms with Gasteiger partial charge >= 0.3 is 5.97 Å². The Bertz CT molecular complexity index is 552. The Labute approximate surface area is 103 Å². The van der Waals surface area contributed by atoms with Gasteiger partial charge in [0.05, 0.1) is 0 Å². The van der Waals surface area contributed by atoms with Crippen LogP contribution in [0.5, 0.6) is 0 Å². The number of rotatable bonds is 3. The molecule has 0 aliphatic heterocycles. The number of benzene rings is 1. The van der Waals surface area contributed by atoms with E-state index in [-0.39, 0.29) is 5.76 Å². The summed E-state index contributed by atoms with van der Waals surface area (Å²) in [5.41, 5.74) is 0.961. The topological polar surface area (TPSA) is 50.4 Å². The number of halogens is 1. The number of carbonyl (C=O) groups is 1. The molecule has 2 aromatic rings. The first-order valence-electron chi connectivity index (χ1n) is 4.92. The molecule has 1 N–H and O–H groups in total. The SMILES string of the molecule is O=C(O)c1ccc(/C=C/c2ccc(Cl)cc2)o1. The molecule has 17 heavy (non-hydrogen) atoms. The standard InChI is InChI=1S/C13H9ClO3/c14-10-4-1-9(2-5-10)3-6-11-7-8-12(17-11)13(15)16/h1-8H,(H,15,16)/b6-3+. The van der Waals surface area contributed by atoms with Gasteiger partial charge in [0.25, 0.3) is 0 Å². The second-order valence-corrected chi connectivity index (χ2v) is 3.83. The van der Waals surface area contributed by atoms with Gasteiger partial charge in [-0.3, -0.25) is 0 Å². The van der Waals surface area contributed by atoms with E-state index >= 15 is 0 Å². The van der Waals surface area contributed by atoms with E-state index in [4.69, 9.17) is 21.1 Å². The van der Waals surface area contributed by atoms with Gasteiger partial charge in [-0.25, -0.2) is 4.79 Å². The minimum Gasteiger partial charge on any atom is -0.475 e. The van der Waals surface area contributed by atoms with Crippen molar-refractivity contribution in [1.82, 2.24) is 0 Å². The van der Waals surface area contributed by atoms with E-state index in [1.54, 1.807) is 24.3 Å². The maximum atomic E-state index is 10.6. The van der Waals surface area contributed by atoms with Gasteiger partial charge in [0.1, 0.15) is 5.76 Å². The van der Waals surface area contributed by atoms with Gasteiger partial charge in [0.2, 0.25) is 5.76 Å². The van der Waals surface area contributed by atoms with Gasteiger partial charge in [-0.1, -0.05) is 29.8 Å². The van der Waals surface area contributed by atoms with Crippen molar-refractivity contribution in [3.05, 3.63) is 58.5 Å². The maximum absolute atomic E-state index is 10.6. The maximum Gasteiger partial charge on any atom is 0.371 e. The fourth-order valence-corrected chi connectivity index (χ4v) is 1.44. The van der Waals surface area contributed by atoms with Crippen LogP contribution >= 0.6 is 11.6 Å². The van der Waals surface area contributed by atoms with Crippen molar-refractivity contribution in [1.29, 1.82) is 0 Å². The number of aromatic carboxylic acids is 1. The van der Waals surface area contributed by atoms with Gasteiger partial charge < -0.3 is 9.52 Å². The van der Waals surface area contributed by atoms with Crippen LogP contribution in [0.25, 0.3) is 12.2 Å². The third-order valence-electron chi connectivity index (χ3n) is 2.15. The smallest absolute Gasteiger partial charge is 0.371 e. The molecule has 2 rings (SSSR count). The van der Waals surface area contributed by atoms with Gasteiger partial charge in [-0.15, -0.1) is 0 Å². The van der Waals surface area contributed by atoms with Crippen molar-refractivity contribution in [2.45, 2.75) is 0 Å². The Morgan fingerprint density at radius 3 is 2.41 bits per heavy atom. The predicted molar refractivity (Wildman–Crippen MR) is 66.0 cm³/mol. The zero-order valence-electron chi connectivity index (χ0n) is 8.76. The van der Waals surface area contributed by atoms with Crippen LogP contribution in [0.15, 0.2) is 40.8 Å². The minimum atomic E-state index is -1.07. The first-order chi connectivity index (χ1) is 8.15. The van der Waals surface area contributed by atoms with E-state index in [0.717, 1.165) is 5.56 Å². The summed E-state index contributed by atoms with van der Waals surface area (Å²) in [5, 5.41) is 9.36. The van der Waals surface area contributed by atoms with E-state index < -0.39 is 5.97 Å². The summed E-state index contributed by atoms with van der Waals surface area (Å²) in [5.74, 6) is -0.644. The van der Waals surface area contributed by atoms with Crippen LogP contribution in [0.2, 0.25) is 5.02 Å². The van der Waals surface area contributed by atoms with Crippen LogP contribution in [0.1, 0.15) is 21.9 Å². The van der Waals surface area contributed by atoms with Crippen molar-refractivity contribution in [2.24, 2.45) is 0 Å². The van der Waals surface area contributed by atoms with Gasteiger partial charge in [0.15, 0.2) is 0 Å². The summed E-state index contributed by atoms with van der Waals surface area (Å²) in [7, 11) is 0. The Hall–Kier alpha value is -2.00. The molecule has 0 spiro atoms. The number of hydrogen-bond donors (Lipinski definition) is 1. The highest BCUT2D eigenvalue weighted by atomic mass is 35.5. The summed E-state index contributed by atoms with van der Waals surface area (Å²) in [6.45, 7) is 0. The highest BCUT2D eigenvalue weighted by Crippen LogP contribution is 2.14. The Morgan fingerprint density at radius 2 is 1.82 bits per heavy atom. The van der Waals surface area contributed by atoms with E-state index in [2.05, 4.69) is 0 Å². The molecule has 0 amide bonds. The molecule has 1 aromatic heterocycles. The second-order valence-electron chi connectivity index (χ2n) is 3.39. The number of carboxylic acid groups (broad SMARTS) is 1. The zero-order chi connectivity index (χ0) is 12.3. The van der Waals surface area contributed by atoms with Crippen molar-refractivity contribution in [3.8, 4) is 0 Å². The van der Waals surface area contributed by atoms with Crippen molar-refractivity contribution >= 4 is 29.7 Å². The Kier molecular flexibility index (Phi) is 3.30. The van der Waals surface area contributed by atoms with Crippen molar-refractivity contribution in [2.75, 3.05) is 0 Å².